The molecule has 4 rings (SSSR count). The van der Waals surface area contributed by atoms with Crippen LogP contribution in [0.1, 0.15) is 15.9 Å². The Bertz CT molecular complexity index is 1100. The maximum Gasteiger partial charge on any atom is 0.254 e. The van der Waals surface area contributed by atoms with Gasteiger partial charge in [0.15, 0.2) is 0 Å². The summed E-state index contributed by atoms with van der Waals surface area (Å²) in [5.74, 6) is 0.232. The van der Waals surface area contributed by atoms with E-state index in [1.165, 1.54) is 0 Å². The predicted octanol–water partition coefficient (Wildman–Crippen LogP) is 4.25. The molecule has 0 radical (unpaired) electrons. The summed E-state index contributed by atoms with van der Waals surface area (Å²) in [6, 6.07) is 18.9. The van der Waals surface area contributed by atoms with Gasteiger partial charge >= 0.3 is 0 Å². The van der Waals surface area contributed by atoms with Gasteiger partial charge in [0, 0.05) is 25.4 Å². The van der Waals surface area contributed by atoms with Crippen molar-refractivity contribution in [1.29, 1.82) is 0 Å². The van der Waals surface area contributed by atoms with Crippen LogP contribution in [0.3, 0.4) is 0 Å². The van der Waals surface area contributed by atoms with Crippen LogP contribution in [0.25, 0.3) is 21.9 Å². The fraction of sp³-hybridized carbons (Fsp3) is 0.130. The van der Waals surface area contributed by atoms with Gasteiger partial charge in [-0.15, -0.1) is 0 Å². The number of rotatable bonds is 5. The van der Waals surface area contributed by atoms with Crippen molar-refractivity contribution in [3.63, 3.8) is 0 Å². The Morgan fingerprint density at radius 3 is 2.54 bits per heavy atom. The van der Waals surface area contributed by atoms with Gasteiger partial charge in [0.05, 0.1) is 6.20 Å². The van der Waals surface area contributed by atoms with Crippen molar-refractivity contribution in [2.24, 2.45) is 0 Å². The largest absolute Gasteiger partial charge is 0.508 e. The van der Waals surface area contributed by atoms with Gasteiger partial charge in [0.1, 0.15) is 5.75 Å². The molecular weight excluding hydrogens is 350 g/mol. The maximum atomic E-state index is 13.1. The maximum absolute atomic E-state index is 13.1. The molecule has 0 aliphatic heterocycles. The molecule has 0 aliphatic carbocycles. The Hall–Kier alpha value is -3.60. The number of carbonyl (C=O) groups excluding carboxylic acids is 1. The van der Waals surface area contributed by atoms with E-state index >= 15 is 0 Å². The van der Waals surface area contributed by atoms with E-state index in [1.807, 2.05) is 61.8 Å². The number of H-pyrrole nitrogens is 1. The van der Waals surface area contributed by atoms with E-state index in [-0.39, 0.29) is 11.7 Å². The summed E-state index contributed by atoms with van der Waals surface area (Å²) in [6.07, 6.45) is 4.38. The first-order valence-electron chi connectivity index (χ1n) is 9.18. The normalized spacial score (nSPS) is 10.9. The van der Waals surface area contributed by atoms with Crippen LogP contribution in [0.15, 0.2) is 73.1 Å². The number of hydrogen-bond donors (Lipinski definition) is 2. The molecule has 5 heteroatoms. The van der Waals surface area contributed by atoms with Gasteiger partial charge in [0.25, 0.3) is 5.91 Å². The zero-order chi connectivity index (χ0) is 19.5. The zero-order valence-electron chi connectivity index (χ0n) is 15.6. The van der Waals surface area contributed by atoms with Crippen LogP contribution < -0.4 is 0 Å². The lowest BCUT2D eigenvalue weighted by atomic mass is 9.95. The van der Waals surface area contributed by atoms with Crippen molar-refractivity contribution in [2.75, 3.05) is 13.6 Å². The molecule has 4 aromatic rings. The van der Waals surface area contributed by atoms with Gasteiger partial charge in [-0.3, -0.25) is 9.89 Å². The van der Waals surface area contributed by atoms with Crippen molar-refractivity contribution in [1.82, 2.24) is 15.1 Å². The third kappa shape index (κ3) is 3.47. The van der Waals surface area contributed by atoms with Crippen molar-refractivity contribution in [3.8, 4) is 16.9 Å². The standard InChI is InChI=1S/C23H21N3O2/c1-26(13-12-16-14-24-25-15-16)23(28)22-7-3-5-20-19(4-2-6-21(20)22)17-8-10-18(27)11-9-17/h2-11,14-15,27H,12-13H2,1H3,(H,24,25). The molecule has 1 heterocycles. The third-order valence-corrected chi connectivity index (χ3v) is 4.97. The molecule has 2 N–H and O–H groups in total. The summed E-state index contributed by atoms with van der Waals surface area (Å²) in [6.45, 7) is 0.617. The number of phenols is 1. The highest BCUT2D eigenvalue weighted by Gasteiger charge is 2.16. The van der Waals surface area contributed by atoms with E-state index in [0.29, 0.717) is 12.1 Å². The first-order chi connectivity index (χ1) is 13.6. The SMILES string of the molecule is CN(CCc1cn[nH]c1)C(=O)c1cccc2c(-c3ccc(O)cc3)cccc12. The molecule has 0 bridgehead atoms. The smallest absolute Gasteiger partial charge is 0.254 e. The lowest BCUT2D eigenvalue weighted by molar-refractivity contribution is 0.0798. The monoisotopic (exact) mass is 371 g/mol. The number of fused-ring (bicyclic) bond motifs is 1. The first-order valence-corrected chi connectivity index (χ1v) is 9.18. The zero-order valence-corrected chi connectivity index (χ0v) is 15.6. The number of aromatic nitrogens is 2. The molecular formula is C23H21N3O2. The number of hydrogen-bond acceptors (Lipinski definition) is 3. The molecule has 0 aliphatic rings. The topological polar surface area (TPSA) is 69.2 Å². The van der Waals surface area contributed by atoms with E-state index < -0.39 is 0 Å². The first kappa shape index (κ1) is 17.8. The van der Waals surface area contributed by atoms with Gasteiger partial charge in [-0.25, -0.2) is 0 Å². The third-order valence-electron chi connectivity index (χ3n) is 4.97. The van der Waals surface area contributed by atoms with E-state index in [1.54, 1.807) is 23.2 Å². The molecule has 1 aromatic heterocycles. The Morgan fingerprint density at radius 2 is 1.79 bits per heavy atom. The van der Waals surface area contributed by atoms with Crippen molar-refractivity contribution < 1.29 is 9.90 Å². The lowest BCUT2D eigenvalue weighted by Crippen LogP contribution is -2.29. The highest BCUT2D eigenvalue weighted by molar-refractivity contribution is 6.10. The molecule has 0 atom stereocenters. The number of aromatic amines is 1. The Morgan fingerprint density at radius 1 is 1.04 bits per heavy atom. The fourth-order valence-corrected chi connectivity index (χ4v) is 3.41. The highest BCUT2D eigenvalue weighted by Crippen LogP contribution is 2.31. The summed E-state index contributed by atoms with van der Waals surface area (Å²) < 4.78 is 0. The second-order valence-electron chi connectivity index (χ2n) is 6.84. The predicted molar refractivity (Wildman–Crippen MR) is 110 cm³/mol. The summed E-state index contributed by atoms with van der Waals surface area (Å²) in [5, 5.41) is 18.2. The molecule has 0 saturated heterocycles. The Labute approximate surface area is 163 Å². The van der Waals surface area contributed by atoms with Gasteiger partial charge in [-0.2, -0.15) is 5.10 Å². The van der Waals surface area contributed by atoms with Crippen LogP contribution in [-0.4, -0.2) is 39.7 Å². The number of amides is 1. The van der Waals surface area contributed by atoms with Gasteiger partial charge in [0.2, 0.25) is 0 Å². The summed E-state index contributed by atoms with van der Waals surface area (Å²) in [4.78, 5) is 14.8. The van der Waals surface area contributed by atoms with Crippen molar-refractivity contribution in [2.45, 2.75) is 6.42 Å². The van der Waals surface area contributed by atoms with Gasteiger partial charge < -0.3 is 10.0 Å². The number of nitrogens with zero attached hydrogens (tertiary/aromatic N) is 2. The molecule has 28 heavy (non-hydrogen) atoms. The van der Waals surface area contributed by atoms with Crippen LogP contribution in [0.5, 0.6) is 5.75 Å². The summed E-state index contributed by atoms with van der Waals surface area (Å²) in [5.41, 5.74) is 3.80. The second-order valence-corrected chi connectivity index (χ2v) is 6.84. The number of likely N-dealkylation sites (N-methyl/N-ethyl adjacent to an activating group) is 1. The number of phenolic OH excluding ortho intramolecular Hbond substituents is 1. The fourth-order valence-electron chi connectivity index (χ4n) is 3.41. The molecule has 0 saturated carbocycles. The van der Waals surface area contributed by atoms with Gasteiger partial charge in [-0.1, -0.05) is 42.5 Å². The highest BCUT2D eigenvalue weighted by atomic mass is 16.3. The molecule has 0 spiro atoms. The summed E-state index contributed by atoms with van der Waals surface area (Å²) in [7, 11) is 1.82. The van der Waals surface area contributed by atoms with Crippen LogP contribution in [-0.2, 0) is 6.42 Å². The van der Waals surface area contributed by atoms with Crippen LogP contribution in [0.2, 0.25) is 0 Å². The van der Waals surface area contributed by atoms with Crippen LogP contribution in [0.4, 0.5) is 0 Å². The molecule has 0 fully saturated rings. The van der Waals surface area contributed by atoms with Crippen molar-refractivity contribution >= 4 is 16.7 Å². The minimum atomic E-state index is -0.00282. The average Bonchev–Trinajstić information content (AvgIpc) is 3.25. The quantitative estimate of drug-likeness (QED) is 0.551. The van der Waals surface area contributed by atoms with Crippen LogP contribution >= 0.6 is 0 Å². The molecule has 0 unspecified atom stereocenters. The number of carbonyl (C=O) groups is 1. The molecule has 140 valence electrons. The molecule has 1 amide bonds. The van der Waals surface area contributed by atoms with E-state index in [2.05, 4.69) is 10.2 Å². The number of benzene rings is 3. The van der Waals surface area contributed by atoms with Gasteiger partial charge in [-0.05, 0) is 52.1 Å². The molecule has 3 aromatic carbocycles. The minimum Gasteiger partial charge on any atom is -0.508 e. The van der Waals surface area contributed by atoms with E-state index in [9.17, 15) is 9.90 Å². The van der Waals surface area contributed by atoms with E-state index in [0.717, 1.165) is 33.9 Å². The van der Waals surface area contributed by atoms with Crippen LogP contribution in [0, 0.1) is 0 Å². The van der Waals surface area contributed by atoms with E-state index in [4.69, 9.17) is 0 Å². The number of aromatic hydroxyl groups is 1. The number of nitrogens with one attached hydrogen (secondary N) is 1. The second kappa shape index (κ2) is 7.56. The Balaban J connectivity index is 1.67. The average molecular weight is 371 g/mol. The summed E-state index contributed by atoms with van der Waals surface area (Å²) >= 11 is 0. The Kier molecular flexibility index (Phi) is 4.81. The minimum absolute atomic E-state index is 0.00282. The lowest BCUT2D eigenvalue weighted by Gasteiger charge is -2.18. The molecule has 5 nitrogen and oxygen atoms in total. The van der Waals surface area contributed by atoms with Crippen molar-refractivity contribution in [3.05, 3.63) is 84.2 Å².